The Morgan fingerprint density at radius 1 is 1.33 bits per heavy atom. The lowest BCUT2D eigenvalue weighted by Gasteiger charge is -2.15. The summed E-state index contributed by atoms with van der Waals surface area (Å²) < 4.78 is 28.1. The Bertz CT molecular complexity index is 1080. The van der Waals surface area contributed by atoms with Gasteiger partial charge in [0.05, 0.1) is 17.0 Å². The van der Waals surface area contributed by atoms with E-state index in [0.29, 0.717) is 22.3 Å². The molecular weight excluding hydrogens is 374 g/mol. The molecule has 0 saturated carbocycles. The molecule has 1 aromatic carbocycles. The molecule has 0 aliphatic rings. The highest BCUT2D eigenvalue weighted by Crippen LogP contribution is 2.22. The number of nitrogens with zero attached hydrogens (tertiary/aromatic N) is 2. The van der Waals surface area contributed by atoms with Gasteiger partial charge in [-0.25, -0.2) is 13.8 Å². The predicted octanol–water partition coefficient (Wildman–Crippen LogP) is 3.62. The van der Waals surface area contributed by atoms with Crippen molar-refractivity contribution in [2.45, 2.75) is 32.0 Å². The van der Waals surface area contributed by atoms with Gasteiger partial charge in [0.1, 0.15) is 17.2 Å². The summed E-state index contributed by atoms with van der Waals surface area (Å²) in [6.45, 7) is 5.53. The van der Waals surface area contributed by atoms with Crippen LogP contribution < -0.4 is 10.9 Å². The van der Waals surface area contributed by atoms with Crippen LogP contribution >= 0.6 is 11.8 Å². The summed E-state index contributed by atoms with van der Waals surface area (Å²) in [6.07, 6.45) is 0. The number of hydrogen-bond donors (Lipinski definition) is 2. The van der Waals surface area contributed by atoms with Gasteiger partial charge in [-0.1, -0.05) is 11.8 Å². The Kier molecular flexibility index (Phi) is 5.31. The van der Waals surface area contributed by atoms with Gasteiger partial charge in [0.25, 0.3) is 5.56 Å². The second-order valence-electron chi connectivity index (χ2n) is 6.34. The molecule has 27 heavy (non-hydrogen) atoms. The number of nitrogens with one attached hydrogen (secondary N) is 2. The van der Waals surface area contributed by atoms with Crippen molar-refractivity contribution in [3.63, 3.8) is 0 Å². The van der Waals surface area contributed by atoms with Gasteiger partial charge in [-0.3, -0.25) is 14.2 Å². The molecule has 0 radical (unpaired) electrons. The minimum absolute atomic E-state index is 0.0785. The molecule has 142 valence electrons. The number of aryl methyl sites for hydroxylation is 1. The normalized spacial score (nSPS) is 11.3. The van der Waals surface area contributed by atoms with Gasteiger partial charge >= 0.3 is 0 Å². The summed E-state index contributed by atoms with van der Waals surface area (Å²) in [5.41, 5.74) is 1.45. The van der Waals surface area contributed by atoms with Gasteiger partial charge in [0, 0.05) is 17.8 Å². The molecule has 0 fully saturated rings. The summed E-state index contributed by atoms with van der Waals surface area (Å²) in [5.74, 6) is -2.14. The van der Waals surface area contributed by atoms with Gasteiger partial charge in [0.2, 0.25) is 5.91 Å². The van der Waals surface area contributed by atoms with Gasteiger partial charge in [-0.15, -0.1) is 0 Å². The van der Waals surface area contributed by atoms with Crippen molar-refractivity contribution in [3.05, 3.63) is 51.9 Å². The maximum absolute atomic E-state index is 13.7. The van der Waals surface area contributed by atoms with E-state index in [-0.39, 0.29) is 23.0 Å². The number of aromatic amines is 1. The molecular formula is C18H18F2N4O2S. The number of hydrogen-bond acceptors (Lipinski definition) is 4. The van der Waals surface area contributed by atoms with E-state index in [4.69, 9.17) is 0 Å². The zero-order valence-electron chi connectivity index (χ0n) is 15.0. The van der Waals surface area contributed by atoms with Crippen LogP contribution in [-0.4, -0.2) is 26.2 Å². The summed E-state index contributed by atoms with van der Waals surface area (Å²) in [4.78, 5) is 32.3. The molecule has 2 N–H and O–H groups in total. The molecule has 2 aromatic heterocycles. The van der Waals surface area contributed by atoms with Crippen LogP contribution in [0.5, 0.6) is 0 Å². The second-order valence-corrected chi connectivity index (χ2v) is 7.28. The molecule has 0 bridgehead atoms. The fraction of sp³-hybridized carbons (Fsp3) is 0.278. The van der Waals surface area contributed by atoms with Crippen LogP contribution in [0.3, 0.4) is 0 Å². The third-order valence-corrected chi connectivity index (χ3v) is 4.79. The lowest BCUT2D eigenvalue weighted by atomic mass is 10.3. The van der Waals surface area contributed by atoms with Crippen molar-refractivity contribution >= 4 is 34.4 Å². The minimum atomic E-state index is -0.852. The van der Waals surface area contributed by atoms with E-state index in [1.165, 1.54) is 4.57 Å². The molecule has 0 atom stereocenters. The maximum atomic E-state index is 13.7. The third kappa shape index (κ3) is 4.02. The Morgan fingerprint density at radius 2 is 2.07 bits per heavy atom. The van der Waals surface area contributed by atoms with Crippen molar-refractivity contribution in [3.8, 4) is 0 Å². The number of amides is 1. The molecule has 1 amide bonds. The largest absolute Gasteiger partial charge is 0.353 e. The van der Waals surface area contributed by atoms with E-state index in [1.54, 1.807) is 6.07 Å². The zero-order chi connectivity index (χ0) is 19.7. The van der Waals surface area contributed by atoms with Crippen LogP contribution in [-0.2, 0) is 4.79 Å². The van der Waals surface area contributed by atoms with E-state index >= 15 is 0 Å². The number of carbonyl (C=O) groups is 1. The van der Waals surface area contributed by atoms with Crippen molar-refractivity contribution in [2.24, 2.45) is 0 Å². The van der Waals surface area contributed by atoms with E-state index in [2.05, 4.69) is 15.3 Å². The lowest BCUT2D eigenvalue weighted by Crippen LogP contribution is -2.25. The average Bonchev–Trinajstić information content (AvgIpc) is 2.96. The average molecular weight is 392 g/mol. The van der Waals surface area contributed by atoms with Crippen molar-refractivity contribution < 1.29 is 13.6 Å². The van der Waals surface area contributed by atoms with Crippen molar-refractivity contribution in [1.82, 2.24) is 14.5 Å². The van der Waals surface area contributed by atoms with E-state index in [0.717, 1.165) is 29.6 Å². The van der Waals surface area contributed by atoms with Gasteiger partial charge < -0.3 is 10.3 Å². The zero-order valence-corrected chi connectivity index (χ0v) is 15.8. The van der Waals surface area contributed by atoms with Crippen LogP contribution in [0.2, 0.25) is 0 Å². The quantitative estimate of drug-likeness (QED) is 0.513. The maximum Gasteiger partial charge on any atom is 0.278 e. The molecule has 3 rings (SSSR count). The van der Waals surface area contributed by atoms with Crippen LogP contribution in [0.4, 0.5) is 14.5 Å². The number of thioether (sulfide) groups is 1. The molecule has 0 aliphatic heterocycles. The van der Waals surface area contributed by atoms with Crippen molar-refractivity contribution in [2.75, 3.05) is 11.1 Å². The monoisotopic (exact) mass is 392 g/mol. The van der Waals surface area contributed by atoms with E-state index in [9.17, 15) is 18.4 Å². The fourth-order valence-electron chi connectivity index (χ4n) is 2.65. The van der Waals surface area contributed by atoms with Crippen LogP contribution in [0.15, 0.2) is 34.2 Å². The summed E-state index contributed by atoms with van der Waals surface area (Å²) in [6, 6.07) is 4.52. The standard InChI is InChI=1S/C18H18F2N4O2S/c1-9(2)24-17(26)16-14(6-10(3)21-16)23-18(24)27-8-15(25)22-13-5-4-11(19)7-12(13)20/h4-7,9,21H,8H2,1-3H3,(H,22,25). The number of halogens is 2. The Labute approximate surface area is 158 Å². The predicted molar refractivity (Wildman–Crippen MR) is 101 cm³/mol. The minimum Gasteiger partial charge on any atom is -0.353 e. The molecule has 0 unspecified atom stereocenters. The topological polar surface area (TPSA) is 79.8 Å². The van der Waals surface area contributed by atoms with Gasteiger partial charge in [-0.05, 0) is 39.0 Å². The van der Waals surface area contributed by atoms with Crippen molar-refractivity contribution in [1.29, 1.82) is 0 Å². The SMILES string of the molecule is Cc1cc2nc(SCC(=O)Nc3ccc(F)cc3F)n(C(C)C)c(=O)c2[nH]1. The first-order valence-corrected chi connectivity index (χ1v) is 9.24. The third-order valence-electron chi connectivity index (χ3n) is 3.84. The first kappa shape index (κ1) is 19.1. The number of carbonyl (C=O) groups excluding carboxylic acids is 1. The number of benzene rings is 1. The Balaban J connectivity index is 1.82. The first-order valence-electron chi connectivity index (χ1n) is 8.26. The molecule has 2 heterocycles. The Morgan fingerprint density at radius 3 is 2.74 bits per heavy atom. The highest BCUT2D eigenvalue weighted by molar-refractivity contribution is 7.99. The first-order chi connectivity index (χ1) is 12.8. The van der Waals surface area contributed by atoms with Gasteiger partial charge in [0.15, 0.2) is 5.16 Å². The summed E-state index contributed by atoms with van der Waals surface area (Å²) in [7, 11) is 0. The lowest BCUT2D eigenvalue weighted by molar-refractivity contribution is -0.113. The molecule has 0 saturated heterocycles. The van der Waals surface area contributed by atoms with Crippen LogP contribution in [0.1, 0.15) is 25.6 Å². The highest BCUT2D eigenvalue weighted by atomic mass is 32.2. The van der Waals surface area contributed by atoms with Gasteiger partial charge in [-0.2, -0.15) is 0 Å². The number of fused-ring (bicyclic) bond motifs is 1. The fourth-order valence-corrected chi connectivity index (χ4v) is 3.58. The van der Waals surface area contributed by atoms with Crippen LogP contribution in [0, 0.1) is 18.6 Å². The second kappa shape index (κ2) is 7.51. The highest BCUT2D eigenvalue weighted by Gasteiger charge is 2.17. The molecule has 0 spiro atoms. The van der Waals surface area contributed by atoms with E-state index in [1.807, 2.05) is 20.8 Å². The molecule has 6 nitrogen and oxygen atoms in total. The Hall–Kier alpha value is -2.68. The summed E-state index contributed by atoms with van der Waals surface area (Å²) >= 11 is 1.08. The number of H-pyrrole nitrogens is 1. The smallest absolute Gasteiger partial charge is 0.278 e. The van der Waals surface area contributed by atoms with Crippen LogP contribution in [0.25, 0.3) is 11.0 Å². The summed E-state index contributed by atoms with van der Waals surface area (Å²) in [5, 5.41) is 2.79. The molecule has 9 heteroatoms. The number of rotatable bonds is 5. The van der Waals surface area contributed by atoms with E-state index < -0.39 is 17.5 Å². The molecule has 0 aliphatic carbocycles. The number of aromatic nitrogens is 3. The molecule has 3 aromatic rings. The number of anilines is 1.